The summed E-state index contributed by atoms with van der Waals surface area (Å²) in [7, 11) is 0. The van der Waals surface area contributed by atoms with E-state index in [0.29, 0.717) is 29.4 Å². The van der Waals surface area contributed by atoms with Crippen LogP contribution in [0.25, 0.3) is 0 Å². The number of piperidine rings is 1. The minimum absolute atomic E-state index is 0.0650. The zero-order chi connectivity index (χ0) is 26.3. The summed E-state index contributed by atoms with van der Waals surface area (Å²) in [6.45, 7) is 4.79. The van der Waals surface area contributed by atoms with E-state index in [1.165, 1.54) is 17.6 Å². The van der Waals surface area contributed by atoms with Crippen molar-refractivity contribution in [2.45, 2.75) is 38.9 Å². The molecule has 38 heavy (non-hydrogen) atoms. The van der Waals surface area contributed by atoms with Gasteiger partial charge in [-0.2, -0.15) is 4.98 Å². The summed E-state index contributed by atoms with van der Waals surface area (Å²) in [6, 6.07) is 14.2. The number of nitrogens with zero attached hydrogens (tertiary/aromatic N) is 5. The van der Waals surface area contributed by atoms with Gasteiger partial charge in [0.2, 0.25) is 5.95 Å². The third-order valence-corrected chi connectivity index (χ3v) is 6.94. The zero-order valence-electron chi connectivity index (χ0n) is 21.0. The number of likely N-dealkylation sites (tertiary alicyclic amines) is 1. The summed E-state index contributed by atoms with van der Waals surface area (Å²) >= 11 is 1.36. The average molecular weight is 533 g/mol. The summed E-state index contributed by atoms with van der Waals surface area (Å²) < 4.78 is 17.4. The van der Waals surface area contributed by atoms with Crippen LogP contribution < -0.4 is 16.0 Å². The first kappa shape index (κ1) is 25.7. The number of carbonyl (C=O) groups is 1. The van der Waals surface area contributed by atoms with Crippen LogP contribution in [-0.2, 0) is 13.1 Å². The minimum Gasteiger partial charge on any atom is -0.350 e. The number of aryl methyl sites for hydroxylation is 1. The van der Waals surface area contributed by atoms with Crippen molar-refractivity contribution in [2.24, 2.45) is 0 Å². The van der Waals surface area contributed by atoms with Crippen LogP contribution in [0.4, 0.5) is 21.8 Å². The highest BCUT2D eigenvalue weighted by atomic mass is 32.1. The summed E-state index contributed by atoms with van der Waals surface area (Å²) in [6.07, 6.45) is 3.66. The minimum atomic E-state index is -0.245. The van der Waals surface area contributed by atoms with Crippen LogP contribution in [0.1, 0.15) is 40.0 Å². The third kappa shape index (κ3) is 6.87. The molecule has 1 saturated heterocycles. The van der Waals surface area contributed by atoms with Gasteiger partial charge in [0.15, 0.2) is 0 Å². The standard InChI is InChI=1S/C27H29FN8OS/c1-18-13-21(8-9-24(18)28)31-25-10-11-29-27(33-25)30-14-19-4-6-20(7-5-19)26(37)32-22-3-2-12-36(15-22)16-23-17-38-35-34-23/h4-11,13,17,22H,2-3,12,14-16H2,1H3,(H,32,37)(H2,29,30,31,33). The molecule has 4 aromatic rings. The Morgan fingerprint density at radius 1 is 1.18 bits per heavy atom. The van der Waals surface area contributed by atoms with Crippen LogP contribution in [-0.4, -0.2) is 49.5 Å². The number of hydrogen-bond acceptors (Lipinski definition) is 9. The van der Waals surface area contributed by atoms with Crippen molar-refractivity contribution in [1.82, 2.24) is 29.8 Å². The first-order valence-corrected chi connectivity index (χ1v) is 13.3. The fraction of sp³-hybridized carbons (Fsp3) is 0.296. The average Bonchev–Trinajstić information content (AvgIpc) is 3.43. The van der Waals surface area contributed by atoms with Crippen molar-refractivity contribution in [3.63, 3.8) is 0 Å². The molecule has 1 amide bonds. The van der Waals surface area contributed by atoms with Crippen molar-refractivity contribution >= 4 is 34.9 Å². The quantitative estimate of drug-likeness (QED) is 0.289. The molecule has 1 aliphatic heterocycles. The molecule has 0 bridgehead atoms. The highest BCUT2D eigenvalue weighted by Crippen LogP contribution is 2.19. The molecule has 3 heterocycles. The van der Waals surface area contributed by atoms with Gasteiger partial charge in [-0.15, -0.1) is 5.10 Å². The second-order valence-electron chi connectivity index (χ2n) is 9.35. The Morgan fingerprint density at radius 3 is 2.84 bits per heavy atom. The number of rotatable bonds is 9. The van der Waals surface area contributed by atoms with E-state index in [4.69, 9.17) is 0 Å². The Balaban J connectivity index is 1.11. The molecule has 0 spiro atoms. The molecule has 11 heteroatoms. The van der Waals surface area contributed by atoms with E-state index >= 15 is 0 Å². The van der Waals surface area contributed by atoms with E-state index in [1.54, 1.807) is 31.3 Å². The van der Waals surface area contributed by atoms with Crippen molar-refractivity contribution in [3.05, 3.63) is 88.3 Å². The van der Waals surface area contributed by atoms with E-state index < -0.39 is 0 Å². The van der Waals surface area contributed by atoms with E-state index in [1.807, 2.05) is 29.6 Å². The molecule has 1 aliphatic rings. The van der Waals surface area contributed by atoms with Gasteiger partial charge in [-0.05, 0) is 85.4 Å². The van der Waals surface area contributed by atoms with Crippen molar-refractivity contribution in [2.75, 3.05) is 23.7 Å². The Hall–Kier alpha value is -3.96. The molecule has 0 radical (unpaired) electrons. The highest BCUT2D eigenvalue weighted by Gasteiger charge is 2.22. The molecule has 9 nitrogen and oxygen atoms in total. The molecule has 0 aliphatic carbocycles. The normalized spacial score (nSPS) is 15.7. The zero-order valence-corrected chi connectivity index (χ0v) is 21.8. The lowest BCUT2D eigenvalue weighted by molar-refractivity contribution is 0.0900. The van der Waals surface area contributed by atoms with Gasteiger partial charge in [0.05, 0.1) is 5.69 Å². The topological polar surface area (TPSA) is 108 Å². The van der Waals surface area contributed by atoms with Crippen molar-refractivity contribution in [3.8, 4) is 0 Å². The predicted molar refractivity (Wildman–Crippen MR) is 146 cm³/mol. The second kappa shape index (κ2) is 12.1. The Morgan fingerprint density at radius 2 is 2.05 bits per heavy atom. The molecule has 2 aromatic carbocycles. The first-order valence-electron chi connectivity index (χ1n) is 12.5. The third-order valence-electron chi connectivity index (χ3n) is 6.38. The lowest BCUT2D eigenvalue weighted by Gasteiger charge is -2.32. The molecule has 1 atom stereocenters. The monoisotopic (exact) mass is 532 g/mol. The molecule has 3 N–H and O–H groups in total. The highest BCUT2D eigenvalue weighted by molar-refractivity contribution is 7.03. The number of halogens is 1. The fourth-order valence-electron chi connectivity index (χ4n) is 4.41. The van der Waals surface area contributed by atoms with Crippen LogP contribution >= 0.6 is 11.5 Å². The Labute approximate surface area is 224 Å². The van der Waals surface area contributed by atoms with Crippen LogP contribution in [0.2, 0.25) is 0 Å². The fourth-order valence-corrected chi connectivity index (χ4v) is 4.85. The smallest absolute Gasteiger partial charge is 0.251 e. The number of hydrogen-bond donors (Lipinski definition) is 3. The molecule has 196 valence electrons. The summed E-state index contributed by atoms with van der Waals surface area (Å²) in [5.74, 6) is 0.756. The predicted octanol–water partition coefficient (Wildman–Crippen LogP) is 4.53. The summed E-state index contributed by atoms with van der Waals surface area (Å²) in [4.78, 5) is 23.9. The van der Waals surface area contributed by atoms with Gasteiger partial charge in [-0.1, -0.05) is 16.6 Å². The number of nitrogens with one attached hydrogen (secondary N) is 3. The molecule has 2 aromatic heterocycles. The molecular formula is C27H29FN8OS. The van der Waals surface area contributed by atoms with Crippen LogP contribution in [0.5, 0.6) is 0 Å². The molecule has 1 unspecified atom stereocenters. The molecule has 0 saturated carbocycles. The van der Waals surface area contributed by atoms with Gasteiger partial charge in [0.1, 0.15) is 11.6 Å². The van der Waals surface area contributed by atoms with E-state index in [9.17, 15) is 9.18 Å². The largest absolute Gasteiger partial charge is 0.350 e. The van der Waals surface area contributed by atoms with Gasteiger partial charge < -0.3 is 16.0 Å². The lowest BCUT2D eigenvalue weighted by Crippen LogP contribution is -2.47. The molecule has 5 rings (SSSR count). The number of carbonyl (C=O) groups excluding carboxylic acids is 1. The number of amides is 1. The summed E-state index contributed by atoms with van der Waals surface area (Å²) in [5.41, 5.74) is 3.91. The van der Waals surface area contributed by atoms with Gasteiger partial charge in [-0.3, -0.25) is 9.69 Å². The van der Waals surface area contributed by atoms with Crippen LogP contribution in [0.15, 0.2) is 60.1 Å². The van der Waals surface area contributed by atoms with Crippen LogP contribution in [0, 0.1) is 12.7 Å². The maximum absolute atomic E-state index is 13.5. The lowest BCUT2D eigenvalue weighted by atomic mass is 10.0. The van der Waals surface area contributed by atoms with E-state index in [2.05, 4.69) is 40.4 Å². The van der Waals surface area contributed by atoms with Crippen molar-refractivity contribution in [1.29, 1.82) is 0 Å². The van der Waals surface area contributed by atoms with Crippen LogP contribution in [0.3, 0.4) is 0 Å². The van der Waals surface area contributed by atoms with Crippen molar-refractivity contribution < 1.29 is 9.18 Å². The Bertz CT molecular complexity index is 1370. The first-order chi connectivity index (χ1) is 18.5. The maximum atomic E-state index is 13.5. The van der Waals surface area contributed by atoms with E-state index in [-0.39, 0.29) is 17.8 Å². The second-order valence-corrected chi connectivity index (χ2v) is 9.96. The van der Waals surface area contributed by atoms with Gasteiger partial charge in [-0.25, -0.2) is 9.37 Å². The molecule has 1 fully saturated rings. The number of benzene rings is 2. The van der Waals surface area contributed by atoms with Gasteiger partial charge in [0, 0.05) is 48.5 Å². The SMILES string of the molecule is Cc1cc(Nc2ccnc(NCc3ccc(C(=O)NC4CCCN(Cc5csnn5)C4)cc3)n2)ccc1F. The maximum Gasteiger partial charge on any atom is 0.251 e. The van der Waals surface area contributed by atoms with E-state index in [0.717, 1.165) is 49.4 Å². The number of anilines is 3. The molecular weight excluding hydrogens is 503 g/mol. The van der Waals surface area contributed by atoms with Gasteiger partial charge >= 0.3 is 0 Å². The summed E-state index contributed by atoms with van der Waals surface area (Å²) in [5, 5.41) is 15.6. The van der Waals surface area contributed by atoms with Gasteiger partial charge in [0.25, 0.3) is 5.91 Å². The number of aromatic nitrogens is 4. The Kier molecular flexibility index (Phi) is 8.15.